The highest BCUT2D eigenvalue weighted by molar-refractivity contribution is 5.87. The number of piperazine rings is 1. The van der Waals surface area contributed by atoms with E-state index in [2.05, 4.69) is 30.7 Å². The number of aromatic nitrogens is 1. The Morgan fingerprint density at radius 2 is 2.00 bits per heavy atom. The lowest BCUT2D eigenvalue weighted by Crippen LogP contribution is -2.54. The quantitative estimate of drug-likeness (QED) is 0.921. The van der Waals surface area contributed by atoms with Crippen LogP contribution in [0.4, 0.5) is 5.82 Å². The van der Waals surface area contributed by atoms with E-state index in [9.17, 15) is 9.59 Å². The predicted octanol–water partition coefficient (Wildman–Crippen LogP) is 1.86. The van der Waals surface area contributed by atoms with E-state index in [4.69, 9.17) is 5.11 Å². The number of carboxylic acids is 1. The summed E-state index contributed by atoms with van der Waals surface area (Å²) in [6, 6.07) is 3.47. The van der Waals surface area contributed by atoms with E-state index in [1.807, 2.05) is 4.90 Å². The average Bonchev–Trinajstić information content (AvgIpc) is 3.15. The third kappa shape index (κ3) is 3.02. The summed E-state index contributed by atoms with van der Waals surface area (Å²) in [4.78, 5) is 31.8. The molecule has 1 N–H and O–H groups in total. The van der Waals surface area contributed by atoms with Gasteiger partial charge in [0.25, 0.3) is 0 Å². The molecule has 0 aromatic carbocycles. The molecule has 1 aliphatic carbocycles. The summed E-state index contributed by atoms with van der Waals surface area (Å²) in [5.41, 5.74) is 0.345. The maximum atomic E-state index is 12.5. The molecule has 3 rings (SSSR count). The summed E-state index contributed by atoms with van der Waals surface area (Å²) < 4.78 is 0. The summed E-state index contributed by atoms with van der Waals surface area (Å²) in [7, 11) is 0. The first kappa shape index (κ1) is 15.8. The molecule has 2 atom stereocenters. The zero-order valence-corrected chi connectivity index (χ0v) is 13.8. The van der Waals surface area contributed by atoms with Gasteiger partial charge in [-0.3, -0.25) is 4.79 Å². The molecule has 1 amide bonds. The van der Waals surface area contributed by atoms with E-state index in [0.29, 0.717) is 13.1 Å². The largest absolute Gasteiger partial charge is 0.478 e. The van der Waals surface area contributed by atoms with Gasteiger partial charge in [0, 0.05) is 37.8 Å². The van der Waals surface area contributed by atoms with Gasteiger partial charge in [0.15, 0.2) is 0 Å². The van der Waals surface area contributed by atoms with Crippen LogP contribution in [0.15, 0.2) is 18.3 Å². The highest BCUT2D eigenvalue weighted by Gasteiger charge is 2.52. The van der Waals surface area contributed by atoms with Gasteiger partial charge < -0.3 is 14.9 Å². The molecule has 2 aliphatic rings. The monoisotopic (exact) mass is 317 g/mol. The average molecular weight is 317 g/mol. The summed E-state index contributed by atoms with van der Waals surface area (Å²) in [6.07, 6.45) is 2.37. The molecule has 1 saturated heterocycles. The third-order valence-electron chi connectivity index (χ3n) is 5.04. The van der Waals surface area contributed by atoms with Crippen LogP contribution in [-0.2, 0) is 4.79 Å². The number of aromatic carboxylic acids is 1. The lowest BCUT2D eigenvalue weighted by Gasteiger charge is -2.40. The fraction of sp³-hybridized carbons (Fsp3) is 0.588. The number of pyridine rings is 1. The van der Waals surface area contributed by atoms with Gasteiger partial charge in [-0.05, 0) is 30.9 Å². The first-order valence-electron chi connectivity index (χ1n) is 8.04. The Morgan fingerprint density at radius 1 is 1.30 bits per heavy atom. The van der Waals surface area contributed by atoms with Crippen LogP contribution in [0.3, 0.4) is 0 Å². The number of nitrogens with zero attached hydrogens (tertiary/aromatic N) is 3. The minimum atomic E-state index is -0.973. The van der Waals surface area contributed by atoms with E-state index in [-0.39, 0.29) is 28.8 Å². The minimum absolute atomic E-state index is 0.158. The van der Waals surface area contributed by atoms with E-state index < -0.39 is 5.97 Å². The molecule has 1 aliphatic heterocycles. The van der Waals surface area contributed by atoms with Gasteiger partial charge in [-0.15, -0.1) is 0 Å². The SMILES string of the molecule is CC1CN(C(=O)[C@H]2CC2(C)C)CCN1c1ccc(C(=O)O)cn1. The summed E-state index contributed by atoms with van der Waals surface area (Å²) in [5, 5.41) is 8.94. The van der Waals surface area contributed by atoms with Gasteiger partial charge in [0.1, 0.15) is 5.82 Å². The summed E-state index contributed by atoms with van der Waals surface area (Å²) >= 11 is 0. The Balaban J connectivity index is 1.64. The number of anilines is 1. The summed E-state index contributed by atoms with van der Waals surface area (Å²) in [5.74, 6) is 0.242. The van der Waals surface area contributed by atoms with E-state index in [1.165, 1.54) is 6.20 Å². The van der Waals surface area contributed by atoms with Crippen molar-refractivity contribution in [3.63, 3.8) is 0 Å². The van der Waals surface area contributed by atoms with Gasteiger partial charge in [0.05, 0.1) is 5.56 Å². The highest BCUT2D eigenvalue weighted by atomic mass is 16.4. The Hall–Kier alpha value is -2.11. The number of hydrogen-bond donors (Lipinski definition) is 1. The second-order valence-electron chi connectivity index (χ2n) is 7.28. The van der Waals surface area contributed by atoms with Crippen LogP contribution in [0, 0.1) is 11.3 Å². The first-order valence-corrected chi connectivity index (χ1v) is 8.04. The predicted molar refractivity (Wildman–Crippen MR) is 86.5 cm³/mol. The van der Waals surface area contributed by atoms with Crippen molar-refractivity contribution in [2.45, 2.75) is 33.2 Å². The maximum absolute atomic E-state index is 12.5. The Morgan fingerprint density at radius 3 is 2.48 bits per heavy atom. The molecular weight excluding hydrogens is 294 g/mol. The van der Waals surface area contributed by atoms with Crippen LogP contribution in [0.25, 0.3) is 0 Å². The summed E-state index contributed by atoms with van der Waals surface area (Å²) in [6.45, 7) is 8.46. The van der Waals surface area contributed by atoms with Gasteiger partial charge in [0.2, 0.25) is 5.91 Å². The number of hydrogen-bond acceptors (Lipinski definition) is 4. The van der Waals surface area contributed by atoms with Crippen molar-refractivity contribution < 1.29 is 14.7 Å². The number of carboxylic acid groups (broad SMARTS) is 1. The van der Waals surface area contributed by atoms with Crippen molar-refractivity contribution in [1.29, 1.82) is 0 Å². The molecule has 1 aromatic rings. The Bertz CT molecular complexity index is 626. The zero-order chi connectivity index (χ0) is 16.8. The van der Waals surface area contributed by atoms with Gasteiger partial charge in [-0.25, -0.2) is 9.78 Å². The second-order valence-corrected chi connectivity index (χ2v) is 7.28. The molecule has 2 fully saturated rings. The molecule has 6 nitrogen and oxygen atoms in total. The molecule has 1 unspecified atom stereocenters. The van der Waals surface area contributed by atoms with Crippen molar-refractivity contribution in [2.75, 3.05) is 24.5 Å². The second kappa shape index (κ2) is 5.51. The molecule has 6 heteroatoms. The van der Waals surface area contributed by atoms with Crippen molar-refractivity contribution in [3.8, 4) is 0 Å². The van der Waals surface area contributed by atoms with Crippen molar-refractivity contribution in [3.05, 3.63) is 23.9 Å². The fourth-order valence-electron chi connectivity index (χ4n) is 3.29. The van der Waals surface area contributed by atoms with E-state index >= 15 is 0 Å². The zero-order valence-electron chi connectivity index (χ0n) is 13.8. The third-order valence-corrected chi connectivity index (χ3v) is 5.04. The Labute approximate surface area is 136 Å². The van der Waals surface area contributed by atoms with Crippen LogP contribution in [0.2, 0.25) is 0 Å². The topological polar surface area (TPSA) is 73.7 Å². The van der Waals surface area contributed by atoms with Crippen molar-refractivity contribution in [1.82, 2.24) is 9.88 Å². The lowest BCUT2D eigenvalue weighted by atomic mass is 10.1. The number of carbonyl (C=O) groups excluding carboxylic acids is 1. The van der Waals surface area contributed by atoms with Crippen LogP contribution in [0.1, 0.15) is 37.6 Å². The molecule has 1 saturated carbocycles. The van der Waals surface area contributed by atoms with Crippen molar-refractivity contribution >= 4 is 17.7 Å². The minimum Gasteiger partial charge on any atom is -0.478 e. The molecule has 2 heterocycles. The van der Waals surface area contributed by atoms with Crippen LogP contribution >= 0.6 is 0 Å². The Kier molecular flexibility index (Phi) is 3.78. The van der Waals surface area contributed by atoms with Crippen molar-refractivity contribution in [2.24, 2.45) is 11.3 Å². The smallest absolute Gasteiger partial charge is 0.337 e. The number of amides is 1. The van der Waals surface area contributed by atoms with Gasteiger partial charge in [-0.2, -0.15) is 0 Å². The van der Waals surface area contributed by atoms with Crippen LogP contribution in [-0.4, -0.2) is 52.5 Å². The molecule has 0 radical (unpaired) electrons. The fourth-order valence-corrected chi connectivity index (χ4v) is 3.29. The normalized spacial score (nSPS) is 26.0. The lowest BCUT2D eigenvalue weighted by molar-refractivity contribution is -0.134. The molecule has 23 heavy (non-hydrogen) atoms. The number of rotatable bonds is 3. The van der Waals surface area contributed by atoms with Gasteiger partial charge in [-0.1, -0.05) is 13.8 Å². The highest BCUT2D eigenvalue weighted by Crippen LogP contribution is 2.52. The molecule has 124 valence electrons. The van der Waals surface area contributed by atoms with Gasteiger partial charge >= 0.3 is 5.97 Å². The molecular formula is C17H23N3O3. The molecule has 0 spiro atoms. The van der Waals surface area contributed by atoms with Crippen LogP contribution < -0.4 is 4.90 Å². The standard InChI is InChI=1S/C17H23N3O3/c1-11-10-19(15(21)13-8-17(13,2)3)6-7-20(11)14-5-4-12(9-18-14)16(22)23/h4-5,9,11,13H,6-8,10H2,1-3H3,(H,22,23)/t11?,13-/m1/s1. The number of carbonyl (C=O) groups is 2. The molecule has 0 bridgehead atoms. The van der Waals surface area contributed by atoms with Crippen LogP contribution in [0.5, 0.6) is 0 Å². The van der Waals surface area contributed by atoms with E-state index in [1.54, 1.807) is 12.1 Å². The maximum Gasteiger partial charge on any atom is 0.337 e. The first-order chi connectivity index (χ1) is 10.8. The molecule has 1 aromatic heterocycles. The van der Waals surface area contributed by atoms with E-state index in [0.717, 1.165) is 18.8 Å².